The Bertz CT molecular complexity index is 840. The van der Waals surface area contributed by atoms with Gasteiger partial charge in [-0.25, -0.2) is 14.4 Å². The second-order valence-corrected chi connectivity index (χ2v) is 7.97. The van der Waals surface area contributed by atoms with Gasteiger partial charge in [-0.15, -0.1) is 0 Å². The Morgan fingerprint density at radius 3 is 2.86 bits per heavy atom. The Morgan fingerprint density at radius 2 is 2.10 bits per heavy atom. The monoisotopic (exact) mass is 400 g/mol. The summed E-state index contributed by atoms with van der Waals surface area (Å²) in [5, 5.41) is 12.8. The highest BCUT2D eigenvalue weighted by molar-refractivity contribution is 5.36. The van der Waals surface area contributed by atoms with Gasteiger partial charge in [-0.05, 0) is 56.2 Å². The van der Waals surface area contributed by atoms with Crippen LogP contribution in [0.25, 0.3) is 0 Å². The number of piperidine rings is 1. The maximum atomic E-state index is 14.1. The Balaban J connectivity index is 1.45. The van der Waals surface area contributed by atoms with E-state index >= 15 is 0 Å². The van der Waals surface area contributed by atoms with Gasteiger partial charge < -0.3 is 20.1 Å². The summed E-state index contributed by atoms with van der Waals surface area (Å²) < 4.78 is 19.3. The van der Waals surface area contributed by atoms with E-state index in [1.54, 1.807) is 19.2 Å². The van der Waals surface area contributed by atoms with Gasteiger partial charge in [0.25, 0.3) is 0 Å². The number of aliphatic hydroxyl groups is 1. The number of hydrogen-bond donors (Lipinski definition) is 2. The van der Waals surface area contributed by atoms with Crippen molar-refractivity contribution in [3.8, 4) is 5.75 Å². The molecule has 1 unspecified atom stereocenters. The maximum Gasteiger partial charge on any atom is 0.225 e. The first-order valence-corrected chi connectivity index (χ1v) is 10.5. The maximum absolute atomic E-state index is 14.1. The van der Waals surface area contributed by atoms with E-state index in [1.165, 1.54) is 6.07 Å². The number of aryl methyl sites for hydroxylation is 1. The number of benzene rings is 1. The van der Waals surface area contributed by atoms with E-state index in [-0.39, 0.29) is 18.5 Å². The number of ether oxygens (including phenoxy) is 1. The summed E-state index contributed by atoms with van der Waals surface area (Å²) in [6.45, 7) is 2.48. The Hall–Kier alpha value is -2.25. The molecule has 1 aliphatic carbocycles. The summed E-state index contributed by atoms with van der Waals surface area (Å²) in [5.74, 6) is 1.62. The Labute approximate surface area is 171 Å². The molecule has 6 nitrogen and oxygen atoms in total. The van der Waals surface area contributed by atoms with E-state index in [1.807, 2.05) is 6.20 Å². The average Bonchev–Trinajstić information content (AvgIpc) is 2.78. The lowest BCUT2D eigenvalue weighted by atomic mass is 9.92. The van der Waals surface area contributed by atoms with Crippen molar-refractivity contribution >= 4 is 5.95 Å². The number of methoxy groups -OCH3 is 1. The Kier molecular flexibility index (Phi) is 6.25. The molecule has 1 fully saturated rings. The van der Waals surface area contributed by atoms with Crippen LogP contribution in [0.3, 0.4) is 0 Å². The summed E-state index contributed by atoms with van der Waals surface area (Å²) in [6, 6.07) is 4.94. The SMILES string of the molecule is COc1ccc(F)c(CNC2CCCc3nc(N4CCC(CO)CC4)ncc32)c1. The second-order valence-electron chi connectivity index (χ2n) is 7.97. The van der Waals surface area contributed by atoms with Crippen LogP contribution in [0.2, 0.25) is 0 Å². The smallest absolute Gasteiger partial charge is 0.225 e. The molecule has 0 saturated carbocycles. The zero-order chi connectivity index (χ0) is 20.2. The van der Waals surface area contributed by atoms with E-state index in [4.69, 9.17) is 9.72 Å². The van der Waals surface area contributed by atoms with Crippen molar-refractivity contribution in [1.29, 1.82) is 0 Å². The molecule has 156 valence electrons. The van der Waals surface area contributed by atoms with Gasteiger partial charge in [-0.1, -0.05) is 0 Å². The number of nitrogens with one attached hydrogen (secondary N) is 1. The summed E-state index contributed by atoms with van der Waals surface area (Å²) in [5.41, 5.74) is 2.81. The van der Waals surface area contributed by atoms with E-state index in [9.17, 15) is 9.50 Å². The third kappa shape index (κ3) is 4.51. The highest BCUT2D eigenvalue weighted by Crippen LogP contribution is 2.30. The van der Waals surface area contributed by atoms with Gasteiger partial charge in [-0.3, -0.25) is 0 Å². The standard InChI is InChI=1S/C22H29FN4O2/c1-29-17-5-6-19(23)16(11-17)12-24-20-3-2-4-21-18(20)13-25-22(26-21)27-9-7-15(14-28)8-10-27/h5-6,11,13,15,20,24,28H,2-4,7-10,12,14H2,1H3. The molecule has 7 heteroatoms. The number of aromatic nitrogens is 2. The number of hydrogen-bond acceptors (Lipinski definition) is 6. The number of aliphatic hydroxyl groups excluding tert-OH is 1. The molecular formula is C22H29FN4O2. The number of fused-ring (bicyclic) bond motifs is 1. The van der Waals surface area contributed by atoms with Crippen molar-refractivity contribution in [2.45, 2.75) is 44.7 Å². The molecule has 4 rings (SSSR count). The molecule has 1 aromatic carbocycles. The van der Waals surface area contributed by atoms with Crippen molar-refractivity contribution in [3.05, 3.63) is 47.0 Å². The third-order valence-corrected chi connectivity index (χ3v) is 6.12. The lowest BCUT2D eigenvalue weighted by Gasteiger charge is -2.32. The van der Waals surface area contributed by atoms with Crippen LogP contribution in [0.4, 0.5) is 10.3 Å². The zero-order valence-corrected chi connectivity index (χ0v) is 16.9. The molecule has 0 amide bonds. The average molecular weight is 400 g/mol. The summed E-state index contributed by atoms with van der Waals surface area (Å²) in [4.78, 5) is 11.7. The van der Waals surface area contributed by atoms with Crippen molar-refractivity contribution in [3.63, 3.8) is 0 Å². The van der Waals surface area contributed by atoms with Gasteiger partial charge >= 0.3 is 0 Å². The molecule has 2 N–H and O–H groups in total. The first kappa shape index (κ1) is 20.0. The molecule has 2 aromatic rings. The fourth-order valence-electron chi connectivity index (χ4n) is 4.26. The van der Waals surface area contributed by atoms with Crippen LogP contribution in [-0.2, 0) is 13.0 Å². The van der Waals surface area contributed by atoms with Crippen LogP contribution in [-0.4, -0.2) is 41.9 Å². The molecule has 2 heterocycles. The predicted molar refractivity (Wildman–Crippen MR) is 110 cm³/mol. The minimum Gasteiger partial charge on any atom is -0.497 e. The van der Waals surface area contributed by atoms with E-state index in [0.717, 1.165) is 62.4 Å². The van der Waals surface area contributed by atoms with Crippen LogP contribution < -0.4 is 15.0 Å². The third-order valence-electron chi connectivity index (χ3n) is 6.12. The highest BCUT2D eigenvalue weighted by Gasteiger charge is 2.25. The molecule has 1 atom stereocenters. The molecular weight excluding hydrogens is 371 g/mol. The minimum atomic E-state index is -0.229. The van der Waals surface area contributed by atoms with E-state index in [0.29, 0.717) is 23.8 Å². The van der Waals surface area contributed by atoms with Crippen LogP contribution in [0.5, 0.6) is 5.75 Å². The molecule has 2 aliphatic rings. The summed E-state index contributed by atoms with van der Waals surface area (Å²) in [6.07, 6.45) is 6.89. The number of halogens is 1. The fourth-order valence-corrected chi connectivity index (χ4v) is 4.26. The van der Waals surface area contributed by atoms with Gasteiger partial charge in [0.15, 0.2) is 0 Å². The fraction of sp³-hybridized carbons (Fsp3) is 0.545. The summed E-state index contributed by atoms with van der Waals surface area (Å²) in [7, 11) is 1.59. The van der Waals surface area contributed by atoms with Gasteiger partial charge in [0.05, 0.1) is 12.8 Å². The van der Waals surface area contributed by atoms with Gasteiger partial charge in [0.2, 0.25) is 5.95 Å². The van der Waals surface area contributed by atoms with Gasteiger partial charge in [0.1, 0.15) is 11.6 Å². The van der Waals surface area contributed by atoms with Crippen molar-refractivity contribution in [2.24, 2.45) is 5.92 Å². The molecule has 0 spiro atoms. The largest absolute Gasteiger partial charge is 0.497 e. The molecule has 0 radical (unpaired) electrons. The minimum absolute atomic E-state index is 0.124. The van der Waals surface area contributed by atoms with Crippen LogP contribution in [0, 0.1) is 11.7 Å². The lowest BCUT2D eigenvalue weighted by molar-refractivity contribution is 0.202. The number of nitrogens with zero attached hydrogens (tertiary/aromatic N) is 3. The van der Waals surface area contributed by atoms with Gasteiger partial charge in [-0.2, -0.15) is 0 Å². The van der Waals surface area contributed by atoms with Crippen LogP contribution in [0.1, 0.15) is 48.5 Å². The van der Waals surface area contributed by atoms with Crippen LogP contribution in [0.15, 0.2) is 24.4 Å². The molecule has 1 saturated heterocycles. The number of anilines is 1. The molecule has 0 bridgehead atoms. The topological polar surface area (TPSA) is 70.5 Å². The Morgan fingerprint density at radius 1 is 1.28 bits per heavy atom. The molecule has 29 heavy (non-hydrogen) atoms. The lowest BCUT2D eigenvalue weighted by Crippen LogP contribution is -2.36. The first-order valence-electron chi connectivity index (χ1n) is 10.5. The van der Waals surface area contributed by atoms with E-state index in [2.05, 4.69) is 15.2 Å². The quantitative estimate of drug-likeness (QED) is 0.777. The zero-order valence-electron chi connectivity index (χ0n) is 16.9. The highest BCUT2D eigenvalue weighted by atomic mass is 19.1. The molecule has 1 aliphatic heterocycles. The van der Waals surface area contributed by atoms with Gasteiger partial charge in [0, 0.05) is 49.6 Å². The second kappa shape index (κ2) is 9.05. The predicted octanol–water partition coefficient (Wildman–Crippen LogP) is 3.00. The normalized spacial score (nSPS) is 19.8. The van der Waals surface area contributed by atoms with Crippen molar-refractivity contribution < 1.29 is 14.2 Å². The number of rotatable bonds is 6. The van der Waals surface area contributed by atoms with Crippen molar-refractivity contribution in [1.82, 2.24) is 15.3 Å². The van der Waals surface area contributed by atoms with E-state index < -0.39 is 0 Å². The van der Waals surface area contributed by atoms with Crippen molar-refractivity contribution in [2.75, 3.05) is 31.7 Å². The van der Waals surface area contributed by atoms with Crippen LogP contribution >= 0.6 is 0 Å². The first-order chi connectivity index (χ1) is 14.2. The molecule has 1 aromatic heterocycles. The summed E-state index contributed by atoms with van der Waals surface area (Å²) >= 11 is 0.